The van der Waals surface area contributed by atoms with Crippen LogP contribution in [-0.2, 0) is 16.0 Å². The van der Waals surface area contributed by atoms with Gasteiger partial charge in [-0.15, -0.1) is 0 Å². The summed E-state index contributed by atoms with van der Waals surface area (Å²) < 4.78 is 23.8. The number of aryl methyl sites for hydroxylation is 1. The van der Waals surface area contributed by atoms with E-state index in [0.717, 1.165) is 5.56 Å². The molecule has 0 N–H and O–H groups in total. The molecule has 0 saturated carbocycles. The molecule has 0 spiro atoms. The van der Waals surface area contributed by atoms with Gasteiger partial charge in [0.1, 0.15) is 11.6 Å². The molecule has 0 radical (unpaired) electrons. The molecule has 2 aromatic rings. The zero-order valence-corrected chi connectivity index (χ0v) is 14.2. The third kappa shape index (κ3) is 4.06. The normalized spacial score (nSPS) is 15.2. The SMILES string of the molecule is COc1ccc(F)cc1/C=C1/N=C(CCc2ccccc2Cl)OC1=O. The summed E-state index contributed by atoms with van der Waals surface area (Å²) in [7, 11) is 1.47. The maximum atomic E-state index is 13.4. The molecule has 0 atom stereocenters. The van der Waals surface area contributed by atoms with Crippen molar-refractivity contribution in [3.05, 3.63) is 70.1 Å². The first-order chi connectivity index (χ1) is 12.1. The van der Waals surface area contributed by atoms with E-state index in [1.165, 1.54) is 31.4 Å². The lowest BCUT2D eigenvalue weighted by atomic mass is 10.1. The Morgan fingerprint density at radius 2 is 2.04 bits per heavy atom. The largest absolute Gasteiger partial charge is 0.496 e. The van der Waals surface area contributed by atoms with Gasteiger partial charge in [-0.05, 0) is 42.3 Å². The number of carbonyl (C=O) groups excluding carboxylic acids is 1. The molecule has 0 saturated heterocycles. The zero-order chi connectivity index (χ0) is 17.8. The lowest BCUT2D eigenvalue weighted by Gasteiger charge is -2.04. The molecule has 128 valence electrons. The standard InChI is InChI=1S/C19H15ClFNO3/c1-24-17-8-7-14(21)10-13(17)11-16-19(23)25-18(22-16)9-6-12-4-2-3-5-15(12)20/h2-5,7-8,10-11H,6,9H2,1H3/b16-11+. The van der Waals surface area contributed by atoms with Crippen LogP contribution in [0.3, 0.4) is 0 Å². The average Bonchev–Trinajstić information content (AvgIpc) is 2.94. The van der Waals surface area contributed by atoms with E-state index < -0.39 is 11.8 Å². The molecule has 3 rings (SSSR count). The Morgan fingerprint density at radius 1 is 1.24 bits per heavy atom. The molecule has 1 aliphatic rings. The van der Waals surface area contributed by atoms with Crippen LogP contribution >= 0.6 is 11.6 Å². The van der Waals surface area contributed by atoms with Crippen molar-refractivity contribution in [1.82, 2.24) is 0 Å². The van der Waals surface area contributed by atoms with E-state index in [9.17, 15) is 9.18 Å². The van der Waals surface area contributed by atoms with Crippen LogP contribution in [0.1, 0.15) is 17.5 Å². The maximum Gasteiger partial charge on any atom is 0.363 e. The number of halogens is 2. The highest BCUT2D eigenvalue weighted by Gasteiger charge is 2.23. The Morgan fingerprint density at radius 3 is 2.80 bits per heavy atom. The highest BCUT2D eigenvalue weighted by Crippen LogP contribution is 2.25. The van der Waals surface area contributed by atoms with Crippen LogP contribution in [0.15, 0.2) is 53.2 Å². The number of aliphatic imine (C=N–C) groups is 1. The van der Waals surface area contributed by atoms with Crippen LogP contribution in [0.25, 0.3) is 6.08 Å². The van der Waals surface area contributed by atoms with E-state index >= 15 is 0 Å². The van der Waals surface area contributed by atoms with Gasteiger partial charge in [-0.25, -0.2) is 14.2 Å². The highest BCUT2D eigenvalue weighted by molar-refractivity contribution is 6.31. The van der Waals surface area contributed by atoms with E-state index in [2.05, 4.69) is 4.99 Å². The molecule has 1 heterocycles. The van der Waals surface area contributed by atoms with Crippen molar-refractivity contribution >= 4 is 29.5 Å². The van der Waals surface area contributed by atoms with Gasteiger partial charge in [-0.3, -0.25) is 0 Å². The fourth-order valence-corrected chi connectivity index (χ4v) is 2.70. The predicted molar refractivity (Wildman–Crippen MR) is 94.2 cm³/mol. The van der Waals surface area contributed by atoms with Gasteiger partial charge in [-0.2, -0.15) is 0 Å². The van der Waals surface area contributed by atoms with Crippen LogP contribution in [-0.4, -0.2) is 19.0 Å². The second-order valence-electron chi connectivity index (χ2n) is 5.40. The quantitative estimate of drug-likeness (QED) is 0.586. The van der Waals surface area contributed by atoms with Gasteiger partial charge in [0, 0.05) is 17.0 Å². The summed E-state index contributed by atoms with van der Waals surface area (Å²) in [6.45, 7) is 0. The van der Waals surface area contributed by atoms with Gasteiger partial charge in [0.15, 0.2) is 11.6 Å². The number of nitrogens with zero attached hydrogens (tertiary/aromatic N) is 1. The molecule has 0 aliphatic carbocycles. The van der Waals surface area contributed by atoms with Gasteiger partial charge >= 0.3 is 5.97 Å². The Bertz CT molecular complexity index is 877. The topological polar surface area (TPSA) is 47.9 Å². The van der Waals surface area contributed by atoms with E-state index in [-0.39, 0.29) is 5.70 Å². The number of cyclic esters (lactones) is 1. The predicted octanol–water partition coefficient (Wildman–Crippen LogP) is 4.42. The van der Waals surface area contributed by atoms with E-state index in [4.69, 9.17) is 21.1 Å². The van der Waals surface area contributed by atoms with E-state index in [0.29, 0.717) is 35.1 Å². The van der Waals surface area contributed by atoms with Crippen LogP contribution < -0.4 is 4.74 Å². The van der Waals surface area contributed by atoms with Crippen molar-refractivity contribution in [2.24, 2.45) is 4.99 Å². The average molecular weight is 360 g/mol. The number of methoxy groups -OCH3 is 1. The smallest absolute Gasteiger partial charge is 0.363 e. The van der Waals surface area contributed by atoms with Crippen molar-refractivity contribution in [2.75, 3.05) is 7.11 Å². The minimum Gasteiger partial charge on any atom is -0.496 e. The first-order valence-corrected chi connectivity index (χ1v) is 8.03. The third-order valence-electron chi connectivity index (χ3n) is 3.71. The molecular formula is C19H15ClFNO3. The lowest BCUT2D eigenvalue weighted by molar-refractivity contribution is -0.130. The summed E-state index contributed by atoms with van der Waals surface area (Å²) in [5.74, 6) is -0.240. The minimum absolute atomic E-state index is 0.109. The van der Waals surface area contributed by atoms with E-state index in [1.54, 1.807) is 6.07 Å². The second kappa shape index (κ2) is 7.49. The Kier molecular flexibility index (Phi) is 5.14. The molecule has 0 bridgehead atoms. The molecule has 25 heavy (non-hydrogen) atoms. The number of benzene rings is 2. The monoisotopic (exact) mass is 359 g/mol. The van der Waals surface area contributed by atoms with Crippen molar-refractivity contribution in [3.63, 3.8) is 0 Å². The van der Waals surface area contributed by atoms with Gasteiger partial charge in [-0.1, -0.05) is 29.8 Å². The van der Waals surface area contributed by atoms with Crippen molar-refractivity contribution in [1.29, 1.82) is 0 Å². The molecule has 0 unspecified atom stereocenters. The number of rotatable bonds is 5. The third-order valence-corrected chi connectivity index (χ3v) is 4.08. The summed E-state index contributed by atoms with van der Waals surface area (Å²) >= 11 is 6.11. The maximum absolute atomic E-state index is 13.4. The molecule has 6 heteroatoms. The number of ether oxygens (including phenoxy) is 2. The van der Waals surface area contributed by atoms with Crippen LogP contribution in [0.5, 0.6) is 5.75 Å². The number of carbonyl (C=O) groups is 1. The van der Waals surface area contributed by atoms with Crippen molar-refractivity contribution < 1.29 is 18.7 Å². The second-order valence-corrected chi connectivity index (χ2v) is 5.81. The minimum atomic E-state index is -0.569. The van der Waals surface area contributed by atoms with Crippen LogP contribution in [0.4, 0.5) is 4.39 Å². The van der Waals surface area contributed by atoms with Gasteiger partial charge in [0.2, 0.25) is 0 Å². The zero-order valence-electron chi connectivity index (χ0n) is 13.5. The summed E-state index contributed by atoms with van der Waals surface area (Å²) in [6.07, 6.45) is 2.49. The first-order valence-electron chi connectivity index (χ1n) is 7.65. The Hall–Kier alpha value is -2.66. The fourth-order valence-electron chi connectivity index (χ4n) is 2.47. The summed E-state index contributed by atoms with van der Waals surface area (Å²) in [6, 6.07) is 11.5. The summed E-state index contributed by atoms with van der Waals surface area (Å²) in [5.41, 5.74) is 1.48. The van der Waals surface area contributed by atoms with Crippen LogP contribution in [0, 0.1) is 5.82 Å². The summed E-state index contributed by atoms with van der Waals surface area (Å²) in [5, 5.41) is 0.660. The molecule has 0 aromatic heterocycles. The number of hydrogen-bond acceptors (Lipinski definition) is 4. The molecule has 4 nitrogen and oxygen atoms in total. The van der Waals surface area contributed by atoms with Gasteiger partial charge in [0.05, 0.1) is 7.11 Å². The molecular weight excluding hydrogens is 345 g/mol. The number of esters is 1. The first kappa shape index (κ1) is 17.2. The molecule has 2 aromatic carbocycles. The van der Waals surface area contributed by atoms with Crippen molar-refractivity contribution in [2.45, 2.75) is 12.8 Å². The van der Waals surface area contributed by atoms with Crippen molar-refractivity contribution in [3.8, 4) is 5.75 Å². The van der Waals surface area contributed by atoms with Gasteiger partial charge in [0.25, 0.3) is 0 Å². The molecule has 0 fully saturated rings. The lowest BCUT2D eigenvalue weighted by Crippen LogP contribution is -2.05. The Labute approximate surface area is 149 Å². The van der Waals surface area contributed by atoms with Gasteiger partial charge < -0.3 is 9.47 Å². The molecule has 1 aliphatic heterocycles. The Balaban J connectivity index is 1.78. The number of hydrogen-bond donors (Lipinski definition) is 0. The van der Waals surface area contributed by atoms with Crippen LogP contribution in [0.2, 0.25) is 5.02 Å². The highest BCUT2D eigenvalue weighted by atomic mass is 35.5. The fraction of sp³-hybridized carbons (Fsp3) is 0.158. The van der Waals surface area contributed by atoms with E-state index in [1.807, 2.05) is 18.2 Å². The molecule has 0 amide bonds. The summed E-state index contributed by atoms with van der Waals surface area (Å²) in [4.78, 5) is 16.2.